The van der Waals surface area contributed by atoms with Crippen LogP contribution in [0.3, 0.4) is 0 Å². The van der Waals surface area contributed by atoms with Crippen molar-refractivity contribution in [1.82, 2.24) is 9.78 Å². The van der Waals surface area contributed by atoms with E-state index in [4.69, 9.17) is 11.6 Å². The van der Waals surface area contributed by atoms with Crippen molar-refractivity contribution in [3.8, 4) is 0 Å². The lowest BCUT2D eigenvalue weighted by Gasteiger charge is -2.04. The highest BCUT2D eigenvalue weighted by Crippen LogP contribution is 2.21. The summed E-state index contributed by atoms with van der Waals surface area (Å²) in [6, 6.07) is 4.96. The van der Waals surface area contributed by atoms with E-state index in [9.17, 15) is 4.39 Å². The van der Waals surface area contributed by atoms with Crippen LogP contribution in [0.15, 0.2) is 28.9 Å². The van der Waals surface area contributed by atoms with Gasteiger partial charge in [-0.2, -0.15) is 5.10 Å². The fraction of sp³-hybridized carbons (Fsp3) is 0.100. The third-order valence-electron chi connectivity index (χ3n) is 2.04. The van der Waals surface area contributed by atoms with Crippen LogP contribution in [0.4, 0.5) is 4.39 Å². The monoisotopic (exact) mass is 414 g/mol. The Hall–Kier alpha value is -0.140. The van der Waals surface area contributed by atoms with Crippen molar-refractivity contribution in [2.75, 3.05) is 0 Å². The summed E-state index contributed by atoms with van der Waals surface area (Å²) in [5, 5.41) is 4.36. The largest absolute Gasteiger partial charge is 0.266 e. The SMILES string of the molecule is Fc1c(Cl)cccc1Cn1cc(Br)c(I)n1. The summed E-state index contributed by atoms with van der Waals surface area (Å²) < 4.78 is 17.0. The maximum Gasteiger partial charge on any atom is 0.146 e. The van der Waals surface area contributed by atoms with Crippen LogP contribution >= 0.6 is 50.1 Å². The van der Waals surface area contributed by atoms with Crippen molar-refractivity contribution in [1.29, 1.82) is 0 Å². The quantitative estimate of drug-likeness (QED) is 0.676. The van der Waals surface area contributed by atoms with Crippen molar-refractivity contribution < 1.29 is 4.39 Å². The maximum atomic E-state index is 13.6. The third kappa shape index (κ3) is 2.57. The van der Waals surface area contributed by atoms with Gasteiger partial charge in [0.2, 0.25) is 0 Å². The zero-order valence-electron chi connectivity index (χ0n) is 7.92. The van der Waals surface area contributed by atoms with E-state index in [1.54, 1.807) is 16.8 Å². The Balaban J connectivity index is 2.30. The number of nitrogens with zero attached hydrogens (tertiary/aromatic N) is 2. The van der Waals surface area contributed by atoms with Gasteiger partial charge in [0.05, 0.1) is 16.0 Å². The molecule has 0 atom stereocenters. The molecule has 0 unspecified atom stereocenters. The van der Waals surface area contributed by atoms with Gasteiger partial charge in [0.25, 0.3) is 0 Å². The summed E-state index contributed by atoms with van der Waals surface area (Å²) in [7, 11) is 0. The van der Waals surface area contributed by atoms with Crippen molar-refractivity contribution in [3.05, 3.63) is 49.0 Å². The van der Waals surface area contributed by atoms with Crippen LogP contribution in [-0.4, -0.2) is 9.78 Å². The summed E-state index contributed by atoms with van der Waals surface area (Å²) in [6.45, 7) is 0.369. The first-order valence-electron chi connectivity index (χ1n) is 4.39. The van der Waals surface area contributed by atoms with E-state index < -0.39 is 0 Å². The number of benzene rings is 1. The predicted octanol–water partition coefficient (Wildman–Crippen LogP) is 4.09. The minimum Gasteiger partial charge on any atom is -0.266 e. The summed E-state index contributed by atoms with van der Waals surface area (Å²) in [6.07, 6.45) is 1.81. The molecule has 0 N–H and O–H groups in total. The fourth-order valence-corrected chi connectivity index (χ4v) is 2.23. The minimum atomic E-state index is -0.384. The molecule has 0 aliphatic carbocycles. The number of halogens is 4. The normalized spacial score (nSPS) is 10.8. The molecule has 1 heterocycles. The van der Waals surface area contributed by atoms with Gasteiger partial charge in [0.15, 0.2) is 0 Å². The van der Waals surface area contributed by atoms with E-state index in [2.05, 4.69) is 43.6 Å². The van der Waals surface area contributed by atoms with Gasteiger partial charge in [0, 0.05) is 11.8 Å². The first-order chi connectivity index (χ1) is 7.58. The molecule has 1 aromatic heterocycles. The number of rotatable bonds is 2. The Morgan fingerprint density at radius 2 is 2.25 bits per heavy atom. The molecule has 0 saturated heterocycles. The van der Waals surface area contributed by atoms with E-state index in [0.717, 1.165) is 8.17 Å². The molecular weight excluding hydrogens is 409 g/mol. The van der Waals surface area contributed by atoms with E-state index in [0.29, 0.717) is 12.1 Å². The van der Waals surface area contributed by atoms with Crippen LogP contribution in [0, 0.1) is 9.52 Å². The van der Waals surface area contributed by atoms with Crippen molar-refractivity contribution >= 4 is 50.1 Å². The lowest BCUT2D eigenvalue weighted by molar-refractivity contribution is 0.584. The summed E-state index contributed by atoms with van der Waals surface area (Å²) in [5.74, 6) is -0.384. The Labute approximate surface area is 119 Å². The van der Waals surface area contributed by atoms with Crippen molar-refractivity contribution in [2.24, 2.45) is 0 Å². The summed E-state index contributed by atoms with van der Waals surface area (Å²) >= 11 is 11.2. The maximum absolute atomic E-state index is 13.6. The zero-order chi connectivity index (χ0) is 11.7. The van der Waals surface area contributed by atoms with Gasteiger partial charge < -0.3 is 0 Å². The van der Waals surface area contributed by atoms with Crippen LogP contribution in [0.2, 0.25) is 5.02 Å². The Kier molecular flexibility index (Phi) is 3.86. The third-order valence-corrected chi connectivity index (χ3v) is 4.45. The smallest absolute Gasteiger partial charge is 0.146 e. The van der Waals surface area contributed by atoms with Crippen molar-refractivity contribution in [2.45, 2.75) is 6.54 Å². The standard InChI is InChI=1S/C10H6BrClFIN2/c11-7-5-16(15-10(7)14)4-6-2-1-3-8(12)9(6)13/h1-3,5H,4H2. The molecule has 2 aromatic rings. The number of aromatic nitrogens is 2. The van der Waals surface area contributed by atoms with E-state index >= 15 is 0 Å². The van der Waals surface area contributed by atoms with Gasteiger partial charge in [-0.25, -0.2) is 4.39 Å². The second kappa shape index (κ2) is 5.01. The molecule has 6 heteroatoms. The van der Waals surface area contributed by atoms with Crippen LogP contribution in [0.5, 0.6) is 0 Å². The van der Waals surface area contributed by atoms with Crippen LogP contribution < -0.4 is 0 Å². The highest BCUT2D eigenvalue weighted by atomic mass is 127. The summed E-state index contributed by atoms with van der Waals surface area (Å²) in [4.78, 5) is 0. The number of hydrogen-bond acceptors (Lipinski definition) is 1. The molecule has 2 nitrogen and oxygen atoms in total. The van der Waals surface area contributed by atoms with Gasteiger partial charge in [-0.05, 0) is 44.6 Å². The average molecular weight is 415 g/mol. The molecule has 0 saturated carbocycles. The lowest BCUT2D eigenvalue weighted by Crippen LogP contribution is -2.02. The molecule has 0 spiro atoms. The van der Waals surface area contributed by atoms with Gasteiger partial charge in [0.1, 0.15) is 9.52 Å². The molecule has 2 rings (SSSR count). The molecule has 84 valence electrons. The molecule has 0 amide bonds. The fourth-order valence-electron chi connectivity index (χ4n) is 1.30. The van der Waals surface area contributed by atoms with E-state index in [1.165, 1.54) is 6.07 Å². The lowest BCUT2D eigenvalue weighted by atomic mass is 10.2. The molecule has 0 radical (unpaired) electrons. The van der Waals surface area contributed by atoms with Crippen LogP contribution in [0.25, 0.3) is 0 Å². The first-order valence-corrected chi connectivity index (χ1v) is 6.64. The van der Waals surface area contributed by atoms with Crippen LogP contribution in [-0.2, 0) is 6.54 Å². The average Bonchev–Trinajstić information content (AvgIpc) is 2.54. The zero-order valence-corrected chi connectivity index (χ0v) is 12.4. The van der Waals surface area contributed by atoms with Gasteiger partial charge in [-0.3, -0.25) is 4.68 Å². The topological polar surface area (TPSA) is 17.8 Å². The van der Waals surface area contributed by atoms with E-state index in [1.807, 2.05) is 6.20 Å². The van der Waals surface area contributed by atoms with E-state index in [-0.39, 0.29) is 10.8 Å². The molecule has 1 aromatic carbocycles. The minimum absolute atomic E-state index is 0.137. The number of hydrogen-bond donors (Lipinski definition) is 0. The molecule has 16 heavy (non-hydrogen) atoms. The van der Waals surface area contributed by atoms with Crippen molar-refractivity contribution in [3.63, 3.8) is 0 Å². The predicted molar refractivity (Wildman–Crippen MR) is 73.2 cm³/mol. The first kappa shape index (κ1) is 12.3. The van der Waals surface area contributed by atoms with Crippen LogP contribution in [0.1, 0.15) is 5.56 Å². The van der Waals surface area contributed by atoms with Gasteiger partial charge in [-0.15, -0.1) is 0 Å². The highest BCUT2D eigenvalue weighted by molar-refractivity contribution is 14.1. The molecular formula is C10H6BrClFIN2. The highest BCUT2D eigenvalue weighted by Gasteiger charge is 2.08. The Morgan fingerprint density at radius 1 is 1.50 bits per heavy atom. The Bertz CT molecular complexity index is 510. The molecule has 0 aliphatic rings. The molecule has 0 fully saturated rings. The second-order valence-corrected chi connectivity index (χ2v) is 5.46. The van der Waals surface area contributed by atoms with Gasteiger partial charge in [-0.1, -0.05) is 23.7 Å². The Morgan fingerprint density at radius 3 is 2.88 bits per heavy atom. The summed E-state index contributed by atoms with van der Waals surface area (Å²) in [5.41, 5.74) is 0.527. The second-order valence-electron chi connectivity index (χ2n) is 3.18. The van der Waals surface area contributed by atoms with Gasteiger partial charge >= 0.3 is 0 Å². The molecule has 0 aliphatic heterocycles. The molecule has 0 bridgehead atoms.